The average molecular weight is 324 g/mol. The van der Waals surface area contributed by atoms with E-state index in [0.29, 0.717) is 12.1 Å². The molecule has 0 aromatic carbocycles. The molecule has 0 amide bonds. The molecule has 0 aliphatic heterocycles. The lowest BCUT2D eigenvalue weighted by Gasteiger charge is -2.42. The topological polar surface area (TPSA) is 32.3 Å². The molecule has 0 bridgehead atoms. The summed E-state index contributed by atoms with van der Waals surface area (Å²) in [6.07, 6.45) is 12.9. The molecule has 1 fully saturated rings. The second kappa shape index (κ2) is 8.36. The Labute approximate surface area is 145 Å². The van der Waals surface area contributed by atoms with Crippen LogP contribution in [0.3, 0.4) is 0 Å². The molecule has 2 atom stereocenters. The van der Waals surface area contributed by atoms with E-state index in [0.717, 1.165) is 13.1 Å². The Morgan fingerprint density at radius 1 is 0.833 bits per heavy atom. The van der Waals surface area contributed by atoms with Crippen LogP contribution in [0.5, 0.6) is 0 Å². The maximum Gasteiger partial charge on any atom is 0.0312 e. The summed E-state index contributed by atoms with van der Waals surface area (Å²) in [5, 5.41) is 0. The Hall–Kier alpha value is -1.78. The van der Waals surface area contributed by atoms with Gasteiger partial charge in [-0.05, 0) is 50.2 Å². The van der Waals surface area contributed by atoms with Gasteiger partial charge in [0.2, 0.25) is 0 Å². The Kier molecular flexibility index (Phi) is 5.94. The summed E-state index contributed by atoms with van der Waals surface area (Å²) in [4.78, 5) is 13.5. The smallest absolute Gasteiger partial charge is 0.0312 e. The number of nitrogens with zero attached hydrogens (tertiary/aromatic N) is 4. The maximum atomic E-state index is 4.25. The first-order chi connectivity index (χ1) is 11.7. The fraction of sp³-hybridized carbons (Fsp3) is 0.500. The summed E-state index contributed by atoms with van der Waals surface area (Å²) >= 11 is 0. The SMILES string of the molecule is CN(Cc1cccnc1)[C@H]1CCCC[C@@H]1N(C)Cc1cccnc1. The van der Waals surface area contributed by atoms with Gasteiger partial charge in [0.15, 0.2) is 0 Å². The summed E-state index contributed by atoms with van der Waals surface area (Å²) in [7, 11) is 4.52. The van der Waals surface area contributed by atoms with E-state index in [-0.39, 0.29) is 0 Å². The Morgan fingerprint density at radius 2 is 1.29 bits per heavy atom. The van der Waals surface area contributed by atoms with E-state index in [1.165, 1.54) is 36.8 Å². The highest BCUT2D eigenvalue weighted by molar-refractivity contribution is 5.10. The van der Waals surface area contributed by atoms with Crippen molar-refractivity contribution in [3.05, 3.63) is 60.2 Å². The normalized spacial score (nSPS) is 21.3. The third-order valence-electron chi connectivity index (χ3n) is 5.14. The van der Waals surface area contributed by atoms with Gasteiger partial charge in [0.1, 0.15) is 0 Å². The summed E-state index contributed by atoms with van der Waals surface area (Å²) in [5.74, 6) is 0. The van der Waals surface area contributed by atoms with Crippen molar-refractivity contribution in [1.82, 2.24) is 19.8 Å². The number of aromatic nitrogens is 2. The largest absolute Gasteiger partial charge is 0.298 e. The van der Waals surface area contributed by atoms with E-state index < -0.39 is 0 Å². The van der Waals surface area contributed by atoms with Crippen molar-refractivity contribution in [2.75, 3.05) is 14.1 Å². The van der Waals surface area contributed by atoms with Crippen molar-refractivity contribution < 1.29 is 0 Å². The van der Waals surface area contributed by atoms with Crippen LogP contribution in [0.4, 0.5) is 0 Å². The van der Waals surface area contributed by atoms with Crippen molar-refractivity contribution >= 4 is 0 Å². The standard InChI is InChI=1S/C20H28N4/c1-23(15-17-7-5-11-21-13-17)19-9-3-4-10-20(19)24(2)16-18-8-6-12-22-14-18/h5-8,11-14,19-20H,3-4,9-10,15-16H2,1-2H3/t19-,20-/m0/s1. The Bertz CT molecular complexity index is 546. The lowest BCUT2D eigenvalue weighted by Crippen LogP contribution is -2.50. The molecular weight excluding hydrogens is 296 g/mol. The van der Waals surface area contributed by atoms with E-state index >= 15 is 0 Å². The third kappa shape index (κ3) is 4.40. The highest BCUT2D eigenvalue weighted by Crippen LogP contribution is 2.27. The van der Waals surface area contributed by atoms with Gasteiger partial charge in [-0.3, -0.25) is 19.8 Å². The minimum atomic E-state index is 0.598. The molecule has 0 saturated heterocycles. The summed E-state index contributed by atoms with van der Waals surface area (Å²) in [6.45, 7) is 1.94. The van der Waals surface area contributed by atoms with E-state index in [1.807, 2.05) is 36.9 Å². The van der Waals surface area contributed by atoms with E-state index in [2.05, 4.69) is 46.0 Å². The molecule has 1 aliphatic rings. The highest BCUT2D eigenvalue weighted by atomic mass is 15.2. The van der Waals surface area contributed by atoms with Gasteiger partial charge >= 0.3 is 0 Å². The van der Waals surface area contributed by atoms with Gasteiger partial charge in [-0.1, -0.05) is 25.0 Å². The zero-order chi connectivity index (χ0) is 16.8. The van der Waals surface area contributed by atoms with Crippen LogP contribution in [0.1, 0.15) is 36.8 Å². The van der Waals surface area contributed by atoms with Crippen molar-refractivity contribution in [3.8, 4) is 0 Å². The first-order valence-corrected chi connectivity index (χ1v) is 8.92. The van der Waals surface area contributed by atoms with Gasteiger partial charge in [-0.2, -0.15) is 0 Å². The zero-order valence-electron chi connectivity index (χ0n) is 14.8. The molecule has 2 aromatic heterocycles. The van der Waals surface area contributed by atoms with Gasteiger partial charge < -0.3 is 0 Å². The molecular formula is C20H28N4. The molecule has 0 radical (unpaired) electrons. The molecule has 1 aliphatic carbocycles. The van der Waals surface area contributed by atoms with Gasteiger partial charge in [0.25, 0.3) is 0 Å². The number of pyridine rings is 2. The summed E-state index contributed by atoms with van der Waals surface area (Å²) in [5.41, 5.74) is 2.58. The molecule has 2 aromatic rings. The summed E-state index contributed by atoms with van der Waals surface area (Å²) < 4.78 is 0. The highest BCUT2D eigenvalue weighted by Gasteiger charge is 2.31. The summed E-state index contributed by atoms with van der Waals surface area (Å²) in [6, 6.07) is 9.58. The molecule has 0 N–H and O–H groups in total. The first-order valence-electron chi connectivity index (χ1n) is 8.92. The Morgan fingerprint density at radius 3 is 1.67 bits per heavy atom. The predicted octanol–water partition coefficient (Wildman–Crippen LogP) is 3.35. The molecule has 0 unspecified atom stereocenters. The van der Waals surface area contributed by atoms with Gasteiger partial charge in [-0.15, -0.1) is 0 Å². The van der Waals surface area contributed by atoms with Crippen molar-refractivity contribution in [2.45, 2.75) is 50.9 Å². The van der Waals surface area contributed by atoms with E-state index in [9.17, 15) is 0 Å². The second-order valence-corrected chi connectivity index (χ2v) is 6.97. The van der Waals surface area contributed by atoms with Crippen molar-refractivity contribution in [1.29, 1.82) is 0 Å². The number of likely N-dealkylation sites (N-methyl/N-ethyl adjacent to an activating group) is 2. The fourth-order valence-electron chi connectivity index (χ4n) is 3.91. The van der Waals surface area contributed by atoms with Gasteiger partial charge in [0.05, 0.1) is 0 Å². The predicted molar refractivity (Wildman–Crippen MR) is 97.5 cm³/mol. The van der Waals surface area contributed by atoms with Crippen LogP contribution in [0.2, 0.25) is 0 Å². The molecule has 4 heteroatoms. The fourth-order valence-corrected chi connectivity index (χ4v) is 3.91. The van der Waals surface area contributed by atoms with E-state index in [1.54, 1.807) is 0 Å². The first kappa shape index (κ1) is 17.1. The molecule has 3 rings (SSSR count). The maximum absolute atomic E-state index is 4.25. The number of hydrogen-bond donors (Lipinski definition) is 0. The molecule has 1 saturated carbocycles. The number of rotatable bonds is 6. The third-order valence-corrected chi connectivity index (χ3v) is 5.14. The molecule has 4 nitrogen and oxygen atoms in total. The van der Waals surface area contributed by atoms with Crippen LogP contribution in [0.15, 0.2) is 49.1 Å². The monoisotopic (exact) mass is 324 g/mol. The molecule has 24 heavy (non-hydrogen) atoms. The van der Waals surface area contributed by atoms with Crippen LogP contribution in [-0.2, 0) is 13.1 Å². The van der Waals surface area contributed by atoms with Crippen LogP contribution < -0.4 is 0 Å². The Balaban J connectivity index is 1.66. The van der Waals surface area contributed by atoms with Crippen LogP contribution in [-0.4, -0.2) is 45.9 Å². The molecule has 128 valence electrons. The van der Waals surface area contributed by atoms with Gasteiger partial charge in [-0.25, -0.2) is 0 Å². The quantitative estimate of drug-likeness (QED) is 0.816. The van der Waals surface area contributed by atoms with E-state index in [4.69, 9.17) is 0 Å². The van der Waals surface area contributed by atoms with Gasteiger partial charge in [0, 0.05) is 50.0 Å². The van der Waals surface area contributed by atoms with Crippen LogP contribution in [0.25, 0.3) is 0 Å². The average Bonchev–Trinajstić information content (AvgIpc) is 2.63. The zero-order valence-corrected chi connectivity index (χ0v) is 14.8. The molecule has 0 spiro atoms. The minimum Gasteiger partial charge on any atom is -0.298 e. The lowest BCUT2D eigenvalue weighted by molar-refractivity contribution is 0.0692. The van der Waals surface area contributed by atoms with Crippen molar-refractivity contribution in [3.63, 3.8) is 0 Å². The lowest BCUT2D eigenvalue weighted by atomic mass is 9.88. The number of hydrogen-bond acceptors (Lipinski definition) is 4. The van der Waals surface area contributed by atoms with Crippen LogP contribution >= 0.6 is 0 Å². The minimum absolute atomic E-state index is 0.598. The van der Waals surface area contributed by atoms with Crippen LogP contribution in [0, 0.1) is 0 Å². The molecule has 2 heterocycles. The second-order valence-electron chi connectivity index (χ2n) is 6.97. The van der Waals surface area contributed by atoms with Crippen molar-refractivity contribution in [2.24, 2.45) is 0 Å².